The minimum Gasteiger partial charge on any atom is -0.363 e. The molecule has 3 aliphatic heterocycles. The Bertz CT molecular complexity index is 687. The van der Waals surface area contributed by atoms with Crippen molar-refractivity contribution in [2.45, 2.75) is 44.2 Å². The first kappa shape index (κ1) is 18.4. The predicted octanol–water partition coefficient (Wildman–Crippen LogP) is 1.41. The predicted molar refractivity (Wildman–Crippen MR) is 102 cm³/mol. The van der Waals surface area contributed by atoms with Crippen molar-refractivity contribution in [3.8, 4) is 0 Å². The molecular weight excluding hydrogens is 342 g/mol. The highest BCUT2D eigenvalue weighted by Crippen LogP contribution is 2.30. The molecule has 6 nitrogen and oxygen atoms in total. The van der Waals surface area contributed by atoms with Crippen LogP contribution in [0.4, 0.5) is 0 Å². The third-order valence-electron chi connectivity index (χ3n) is 5.99. The van der Waals surface area contributed by atoms with E-state index < -0.39 is 6.10 Å². The molecule has 3 unspecified atom stereocenters. The maximum Gasteiger partial charge on any atom is 0.256 e. The van der Waals surface area contributed by atoms with E-state index >= 15 is 0 Å². The molecule has 0 saturated carbocycles. The largest absolute Gasteiger partial charge is 0.363 e. The summed E-state index contributed by atoms with van der Waals surface area (Å²) in [4.78, 5) is 27.3. The minimum absolute atomic E-state index is 0.0431. The monoisotopic (exact) mass is 371 g/mol. The smallest absolute Gasteiger partial charge is 0.256 e. The van der Waals surface area contributed by atoms with Gasteiger partial charge in [-0.05, 0) is 55.7 Å². The molecule has 0 aromatic heterocycles. The van der Waals surface area contributed by atoms with Crippen LogP contribution in [0.25, 0.3) is 0 Å². The first-order valence-corrected chi connectivity index (χ1v) is 10.2. The van der Waals surface area contributed by atoms with Crippen LogP contribution in [0, 0.1) is 5.92 Å². The van der Waals surface area contributed by atoms with Gasteiger partial charge in [0, 0.05) is 19.6 Å². The van der Waals surface area contributed by atoms with E-state index in [9.17, 15) is 9.59 Å². The summed E-state index contributed by atoms with van der Waals surface area (Å²) < 4.78 is 5.85. The molecule has 4 rings (SSSR count). The third-order valence-corrected chi connectivity index (χ3v) is 5.99. The van der Waals surface area contributed by atoms with Gasteiger partial charge in [-0.2, -0.15) is 0 Å². The first-order valence-electron chi connectivity index (χ1n) is 10.2. The molecule has 2 saturated heterocycles. The summed E-state index contributed by atoms with van der Waals surface area (Å²) in [5.41, 5.74) is 2.23. The van der Waals surface area contributed by atoms with E-state index in [0.717, 1.165) is 50.8 Å². The van der Waals surface area contributed by atoms with Gasteiger partial charge in [-0.1, -0.05) is 24.3 Å². The Hall–Kier alpha value is -1.92. The molecule has 2 fully saturated rings. The number of carbonyl (C=O) groups excluding carboxylic acids is 2. The number of fused-ring (bicyclic) bond motifs is 1. The molecule has 3 atom stereocenters. The van der Waals surface area contributed by atoms with Gasteiger partial charge in [0.1, 0.15) is 0 Å². The quantitative estimate of drug-likeness (QED) is 0.840. The molecule has 6 heteroatoms. The van der Waals surface area contributed by atoms with Crippen LogP contribution >= 0.6 is 0 Å². The molecule has 0 bridgehead atoms. The Morgan fingerprint density at radius 1 is 1.22 bits per heavy atom. The van der Waals surface area contributed by atoms with Crippen molar-refractivity contribution in [2.75, 3.05) is 32.8 Å². The third kappa shape index (κ3) is 4.17. The molecule has 0 radical (unpaired) electrons. The van der Waals surface area contributed by atoms with E-state index in [1.807, 2.05) is 23.1 Å². The fourth-order valence-electron chi connectivity index (χ4n) is 4.47. The molecule has 146 valence electrons. The molecular formula is C21H29N3O3. The highest BCUT2D eigenvalue weighted by Gasteiger charge is 2.33. The summed E-state index contributed by atoms with van der Waals surface area (Å²) in [6, 6.07) is 8.04. The number of rotatable bonds is 4. The molecule has 2 N–H and O–H groups in total. The second-order valence-corrected chi connectivity index (χ2v) is 7.89. The zero-order valence-corrected chi connectivity index (χ0v) is 15.8. The van der Waals surface area contributed by atoms with Gasteiger partial charge in [0.25, 0.3) is 5.91 Å². The fourth-order valence-corrected chi connectivity index (χ4v) is 4.47. The number of nitrogens with zero attached hydrogens (tertiary/aromatic N) is 1. The maximum atomic E-state index is 13.1. The Labute approximate surface area is 160 Å². The summed E-state index contributed by atoms with van der Waals surface area (Å²) in [6.07, 6.45) is 4.38. The molecule has 3 aliphatic rings. The summed E-state index contributed by atoms with van der Waals surface area (Å²) in [7, 11) is 0. The lowest BCUT2D eigenvalue weighted by molar-refractivity contribution is -0.147. The Kier molecular flexibility index (Phi) is 5.74. The van der Waals surface area contributed by atoms with Crippen LogP contribution in [0.15, 0.2) is 24.3 Å². The van der Waals surface area contributed by atoms with E-state index in [-0.39, 0.29) is 17.9 Å². The van der Waals surface area contributed by atoms with Crippen molar-refractivity contribution in [1.82, 2.24) is 15.5 Å². The highest BCUT2D eigenvalue weighted by molar-refractivity contribution is 5.83. The van der Waals surface area contributed by atoms with Crippen molar-refractivity contribution in [3.63, 3.8) is 0 Å². The van der Waals surface area contributed by atoms with E-state index in [0.29, 0.717) is 25.6 Å². The Balaban J connectivity index is 1.34. The zero-order valence-electron chi connectivity index (χ0n) is 15.8. The molecule has 27 heavy (non-hydrogen) atoms. The molecule has 0 spiro atoms. The van der Waals surface area contributed by atoms with Crippen LogP contribution in [-0.4, -0.2) is 55.5 Å². The molecule has 3 heterocycles. The van der Waals surface area contributed by atoms with E-state index in [4.69, 9.17) is 4.74 Å². The zero-order chi connectivity index (χ0) is 18.6. The van der Waals surface area contributed by atoms with Crippen LogP contribution in [0.5, 0.6) is 0 Å². The summed E-state index contributed by atoms with van der Waals surface area (Å²) in [6.45, 7) is 3.62. The lowest BCUT2D eigenvalue weighted by Gasteiger charge is -2.36. The van der Waals surface area contributed by atoms with Crippen molar-refractivity contribution in [2.24, 2.45) is 5.92 Å². The topological polar surface area (TPSA) is 70.7 Å². The summed E-state index contributed by atoms with van der Waals surface area (Å²) in [5, 5.41) is 6.31. The number of amides is 2. The second-order valence-electron chi connectivity index (χ2n) is 7.89. The Morgan fingerprint density at radius 3 is 2.96 bits per heavy atom. The normalized spacial score (nSPS) is 27.9. The summed E-state index contributed by atoms with van der Waals surface area (Å²) in [5.74, 6) is 0.475. The van der Waals surface area contributed by atoms with Gasteiger partial charge >= 0.3 is 0 Å². The van der Waals surface area contributed by atoms with Crippen molar-refractivity contribution in [1.29, 1.82) is 0 Å². The van der Waals surface area contributed by atoms with Gasteiger partial charge in [0.2, 0.25) is 5.91 Å². The van der Waals surface area contributed by atoms with Crippen molar-refractivity contribution in [3.05, 3.63) is 35.4 Å². The average molecular weight is 371 g/mol. The minimum atomic E-state index is -0.481. The van der Waals surface area contributed by atoms with Gasteiger partial charge < -0.3 is 20.3 Å². The number of ether oxygens (including phenoxy) is 1. The van der Waals surface area contributed by atoms with Crippen molar-refractivity contribution < 1.29 is 14.3 Å². The van der Waals surface area contributed by atoms with Crippen LogP contribution < -0.4 is 10.6 Å². The van der Waals surface area contributed by atoms with E-state index in [1.54, 1.807) is 0 Å². The number of hydrogen-bond donors (Lipinski definition) is 2. The number of carbonyl (C=O) groups is 2. The van der Waals surface area contributed by atoms with E-state index in [2.05, 4.69) is 16.7 Å². The Morgan fingerprint density at radius 2 is 2.11 bits per heavy atom. The second kappa shape index (κ2) is 8.40. The van der Waals surface area contributed by atoms with Gasteiger partial charge in [-0.25, -0.2) is 0 Å². The number of likely N-dealkylation sites (tertiary alicyclic amines) is 1. The number of hydrogen-bond acceptors (Lipinski definition) is 4. The number of nitrogens with one attached hydrogen (secondary N) is 2. The lowest BCUT2D eigenvalue weighted by Crippen LogP contribution is -2.48. The summed E-state index contributed by atoms with van der Waals surface area (Å²) >= 11 is 0. The fraction of sp³-hybridized carbons (Fsp3) is 0.619. The molecule has 1 aromatic rings. The molecule has 0 aliphatic carbocycles. The van der Waals surface area contributed by atoms with Gasteiger partial charge in [-0.15, -0.1) is 0 Å². The van der Waals surface area contributed by atoms with Gasteiger partial charge in [0.05, 0.1) is 12.6 Å². The van der Waals surface area contributed by atoms with Crippen molar-refractivity contribution >= 4 is 11.8 Å². The van der Waals surface area contributed by atoms with Crippen LogP contribution in [0.2, 0.25) is 0 Å². The van der Waals surface area contributed by atoms with E-state index in [1.165, 1.54) is 5.56 Å². The van der Waals surface area contributed by atoms with Gasteiger partial charge in [0.15, 0.2) is 6.10 Å². The van der Waals surface area contributed by atoms with Crippen LogP contribution in [-0.2, 0) is 20.7 Å². The first-order chi connectivity index (χ1) is 13.2. The van der Waals surface area contributed by atoms with Crippen LogP contribution in [0.1, 0.15) is 42.9 Å². The SMILES string of the molecule is O=C(NCC1CCCN(C(=O)C2OCCc3ccccc32)C1)C1CCCN1. The number of piperidine rings is 1. The number of benzene rings is 1. The molecule has 1 aromatic carbocycles. The molecule has 2 amide bonds. The maximum absolute atomic E-state index is 13.1. The average Bonchev–Trinajstić information content (AvgIpc) is 3.26. The highest BCUT2D eigenvalue weighted by atomic mass is 16.5. The standard InChI is InChI=1S/C21H29N3O3/c25-20(18-8-3-10-22-18)23-13-15-5-4-11-24(14-15)21(26)19-17-7-2-1-6-16(17)9-12-27-19/h1-2,6-7,15,18-19,22H,3-5,8-14H2,(H,23,25). The lowest BCUT2D eigenvalue weighted by atomic mass is 9.94. The van der Waals surface area contributed by atoms with Gasteiger partial charge in [-0.3, -0.25) is 9.59 Å². The van der Waals surface area contributed by atoms with Crippen LogP contribution in [0.3, 0.4) is 0 Å².